The first-order valence-corrected chi connectivity index (χ1v) is 5.98. The summed E-state index contributed by atoms with van der Waals surface area (Å²) in [5, 5.41) is 0. The first kappa shape index (κ1) is 12.6. The molecule has 1 heterocycles. The van der Waals surface area contributed by atoms with Crippen LogP contribution in [0.3, 0.4) is 0 Å². The number of benzene rings is 1. The normalized spacial score (nSPS) is 12.4. The van der Waals surface area contributed by atoms with Gasteiger partial charge in [-0.3, -0.25) is 0 Å². The van der Waals surface area contributed by atoms with Crippen molar-refractivity contribution < 1.29 is 4.74 Å². The Bertz CT molecular complexity index is 534. The number of nitrogens with zero attached hydrogens (tertiary/aromatic N) is 2. The lowest BCUT2D eigenvalue weighted by molar-refractivity contribution is 0.407. The average Bonchev–Trinajstić information content (AvgIpc) is 2.76. The monoisotopic (exact) mass is 245 g/mol. The lowest BCUT2D eigenvalue weighted by Gasteiger charge is -2.14. The molecule has 1 aromatic carbocycles. The molecule has 0 aliphatic heterocycles. The van der Waals surface area contributed by atoms with E-state index >= 15 is 0 Å². The third-order valence-corrected chi connectivity index (χ3v) is 3.07. The minimum Gasteiger partial charge on any atom is -0.496 e. The van der Waals surface area contributed by atoms with Crippen molar-refractivity contribution in [2.75, 3.05) is 7.11 Å². The van der Waals surface area contributed by atoms with Crippen LogP contribution < -0.4 is 10.5 Å². The molecule has 1 aromatic heterocycles. The molecule has 0 saturated heterocycles. The maximum atomic E-state index is 6.21. The molecule has 2 aromatic rings. The van der Waals surface area contributed by atoms with Gasteiger partial charge in [-0.1, -0.05) is 17.7 Å². The van der Waals surface area contributed by atoms with Crippen molar-refractivity contribution in [2.45, 2.75) is 19.4 Å². The van der Waals surface area contributed by atoms with E-state index < -0.39 is 0 Å². The van der Waals surface area contributed by atoms with E-state index in [0.29, 0.717) is 0 Å². The summed E-state index contributed by atoms with van der Waals surface area (Å²) in [6.45, 7) is 2.06. The van der Waals surface area contributed by atoms with Gasteiger partial charge in [-0.05, 0) is 25.0 Å². The third kappa shape index (κ3) is 2.54. The van der Waals surface area contributed by atoms with Crippen LogP contribution in [0.2, 0.25) is 0 Å². The van der Waals surface area contributed by atoms with E-state index in [4.69, 9.17) is 10.5 Å². The Morgan fingerprint density at radius 1 is 1.44 bits per heavy atom. The predicted octanol–water partition coefficient (Wildman–Crippen LogP) is 1.98. The minimum absolute atomic E-state index is 0.124. The van der Waals surface area contributed by atoms with E-state index in [2.05, 4.69) is 18.0 Å². The Kier molecular flexibility index (Phi) is 3.67. The fraction of sp³-hybridized carbons (Fsp3) is 0.357. The highest BCUT2D eigenvalue weighted by molar-refractivity contribution is 5.37. The Labute approximate surface area is 107 Å². The Morgan fingerprint density at radius 2 is 2.22 bits per heavy atom. The highest BCUT2D eigenvalue weighted by atomic mass is 16.5. The number of nitrogens with two attached hydrogens (primary N) is 1. The molecule has 1 atom stereocenters. The zero-order chi connectivity index (χ0) is 13.1. The molecule has 0 fully saturated rings. The third-order valence-electron chi connectivity index (χ3n) is 3.07. The summed E-state index contributed by atoms with van der Waals surface area (Å²) in [5.41, 5.74) is 8.53. The number of rotatable bonds is 4. The highest BCUT2D eigenvalue weighted by Crippen LogP contribution is 2.24. The summed E-state index contributed by atoms with van der Waals surface area (Å²) in [6, 6.07) is 6.01. The van der Waals surface area contributed by atoms with Crippen LogP contribution in [0, 0.1) is 6.92 Å². The molecule has 18 heavy (non-hydrogen) atoms. The summed E-state index contributed by atoms with van der Waals surface area (Å²) in [4.78, 5) is 4.29. The molecule has 4 nitrogen and oxygen atoms in total. The van der Waals surface area contributed by atoms with E-state index in [1.165, 1.54) is 5.56 Å². The van der Waals surface area contributed by atoms with Crippen molar-refractivity contribution in [3.63, 3.8) is 0 Å². The van der Waals surface area contributed by atoms with Gasteiger partial charge < -0.3 is 15.0 Å². The van der Waals surface area contributed by atoms with E-state index in [0.717, 1.165) is 23.6 Å². The van der Waals surface area contributed by atoms with Gasteiger partial charge in [0.25, 0.3) is 0 Å². The Balaban J connectivity index is 2.23. The SMILES string of the molecule is COc1ccc(C)cc1CC(N)c1nccn1C. The van der Waals surface area contributed by atoms with Gasteiger partial charge in [0.2, 0.25) is 0 Å². The van der Waals surface area contributed by atoms with Crippen LogP contribution in [0.4, 0.5) is 0 Å². The largest absolute Gasteiger partial charge is 0.496 e. The van der Waals surface area contributed by atoms with E-state index in [1.54, 1.807) is 13.3 Å². The van der Waals surface area contributed by atoms with Gasteiger partial charge in [-0.2, -0.15) is 0 Å². The summed E-state index contributed by atoms with van der Waals surface area (Å²) in [5.74, 6) is 1.77. The molecule has 0 amide bonds. The molecule has 2 rings (SSSR count). The second kappa shape index (κ2) is 5.23. The van der Waals surface area contributed by atoms with Crippen molar-refractivity contribution in [3.8, 4) is 5.75 Å². The van der Waals surface area contributed by atoms with E-state index in [9.17, 15) is 0 Å². The van der Waals surface area contributed by atoms with Gasteiger partial charge >= 0.3 is 0 Å². The summed E-state index contributed by atoms with van der Waals surface area (Å²) in [6.07, 6.45) is 4.39. The number of hydrogen-bond acceptors (Lipinski definition) is 3. The molecule has 0 radical (unpaired) electrons. The number of imidazole rings is 1. The lowest BCUT2D eigenvalue weighted by Crippen LogP contribution is -2.18. The second-order valence-corrected chi connectivity index (χ2v) is 4.52. The van der Waals surface area contributed by atoms with Gasteiger partial charge in [0.1, 0.15) is 11.6 Å². The molecular weight excluding hydrogens is 226 g/mol. The zero-order valence-electron chi connectivity index (χ0n) is 11.1. The molecular formula is C14H19N3O. The number of aromatic nitrogens is 2. The fourth-order valence-corrected chi connectivity index (χ4v) is 2.13. The van der Waals surface area contributed by atoms with Crippen LogP contribution in [-0.2, 0) is 13.5 Å². The van der Waals surface area contributed by atoms with Gasteiger partial charge in [-0.15, -0.1) is 0 Å². The molecule has 0 aliphatic carbocycles. The van der Waals surface area contributed by atoms with Crippen LogP contribution in [0.15, 0.2) is 30.6 Å². The smallest absolute Gasteiger partial charge is 0.125 e. The predicted molar refractivity (Wildman–Crippen MR) is 71.6 cm³/mol. The quantitative estimate of drug-likeness (QED) is 0.896. The van der Waals surface area contributed by atoms with Crippen LogP contribution >= 0.6 is 0 Å². The second-order valence-electron chi connectivity index (χ2n) is 4.52. The van der Waals surface area contributed by atoms with E-state index in [-0.39, 0.29) is 6.04 Å². The number of aryl methyl sites for hydroxylation is 2. The number of methoxy groups -OCH3 is 1. The van der Waals surface area contributed by atoms with Crippen molar-refractivity contribution in [2.24, 2.45) is 12.8 Å². The van der Waals surface area contributed by atoms with Crippen LogP contribution in [0.5, 0.6) is 5.75 Å². The molecule has 0 aliphatic rings. The Hall–Kier alpha value is -1.81. The average molecular weight is 245 g/mol. The minimum atomic E-state index is -0.124. The summed E-state index contributed by atoms with van der Waals surface area (Å²) >= 11 is 0. The molecule has 0 bridgehead atoms. The molecule has 1 unspecified atom stereocenters. The summed E-state index contributed by atoms with van der Waals surface area (Å²) in [7, 11) is 3.64. The molecule has 2 N–H and O–H groups in total. The topological polar surface area (TPSA) is 53.1 Å². The molecule has 4 heteroatoms. The van der Waals surface area contributed by atoms with Gasteiger partial charge in [-0.25, -0.2) is 4.98 Å². The summed E-state index contributed by atoms with van der Waals surface area (Å²) < 4.78 is 7.32. The standard InChI is InChI=1S/C14H19N3O/c1-10-4-5-13(18-3)11(8-10)9-12(15)14-16-6-7-17(14)2/h4-8,12H,9,15H2,1-3H3. The zero-order valence-corrected chi connectivity index (χ0v) is 11.1. The molecule has 0 saturated carbocycles. The molecule has 0 spiro atoms. The van der Waals surface area contributed by atoms with Crippen molar-refractivity contribution >= 4 is 0 Å². The molecule has 96 valence electrons. The van der Waals surface area contributed by atoms with Crippen LogP contribution in [0.25, 0.3) is 0 Å². The van der Waals surface area contributed by atoms with Crippen molar-refractivity contribution in [3.05, 3.63) is 47.5 Å². The lowest BCUT2D eigenvalue weighted by atomic mass is 10.0. The highest BCUT2D eigenvalue weighted by Gasteiger charge is 2.14. The maximum absolute atomic E-state index is 6.21. The van der Waals surface area contributed by atoms with Gasteiger partial charge in [0, 0.05) is 19.4 Å². The van der Waals surface area contributed by atoms with Gasteiger partial charge in [0.05, 0.1) is 13.2 Å². The van der Waals surface area contributed by atoms with E-state index in [1.807, 2.05) is 29.9 Å². The van der Waals surface area contributed by atoms with Gasteiger partial charge in [0.15, 0.2) is 0 Å². The van der Waals surface area contributed by atoms with Crippen molar-refractivity contribution in [1.29, 1.82) is 0 Å². The van der Waals surface area contributed by atoms with Crippen LogP contribution in [-0.4, -0.2) is 16.7 Å². The first-order chi connectivity index (χ1) is 8.61. The van der Waals surface area contributed by atoms with Crippen molar-refractivity contribution in [1.82, 2.24) is 9.55 Å². The number of hydrogen-bond donors (Lipinski definition) is 1. The fourth-order valence-electron chi connectivity index (χ4n) is 2.13. The maximum Gasteiger partial charge on any atom is 0.125 e. The van der Waals surface area contributed by atoms with Crippen LogP contribution in [0.1, 0.15) is 23.0 Å². The Morgan fingerprint density at radius 3 is 2.83 bits per heavy atom. The first-order valence-electron chi connectivity index (χ1n) is 5.98. The number of ether oxygens (including phenoxy) is 1.